The number of likely N-dealkylation sites (N-methyl/N-ethyl adjacent to an activating group) is 2. The van der Waals surface area contributed by atoms with Gasteiger partial charge >= 0.3 is 5.97 Å². The van der Waals surface area contributed by atoms with E-state index in [1.54, 1.807) is 24.1 Å². The van der Waals surface area contributed by atoms with Crippen molar-refractivity contribution in [3.05, 3.63) is 88.4 Å². The van der Waals surface area contributed by atoms with Gasteiger partial charge in [-0.2, -0.15) is 0 Å². The van der Waals surface area contributed by atoms with Crippen LogP contribution >= 0.6 is 11.6 Å². The number of aliphatic imine (C=N–C) groups is 1. The Labute approximate surface area is 225 Å². The zero-order valence-corrected chi connectivity index (χ0v) is 22.2. The van der Waals surface area contributed by atoms with Gasteiger partial charge in [0.2, 0.25) is 5.91 Å². The van der Waals surface area contributed by atoms with Crippen LogP contribution < -0.4 is 4.90 Å². The summed E-state index contributed by atoms with van der Waals surface area (Å²) < 4.78 is 0. The third-order valence-corrected chi connectivity index (χ3v) is 6.34. The molecule has 0 saturated carbocycles. The highest BCUT2D eigenvalue weighted by Gasteiger charge is 2.20. The Hall–Kier alpha value is -4.14. The Bertz CT molecular complexity index is 1510. The predicted molar refractivity (Wildman–Crippen MR) is 151 cm³/mol. The summed E-state index contributed by atoms with van der Waals surface area (Å²) in [5.41, 5.74) is 4.61. The van der Waals surface area contributed by atoms with Gasteiger partial charge < -0.3 is 25.0 Å². The molecule has 0 radical (unpaired) electrons. The van der Waals surface area contributed by atoms with Crippen molar-refractivity contribution in [1.82, 2.24) is 9.88 Å². The van der Waals surface area contributed by atoms with Gasteiger partial charge in [0.1, 0.15) is 0 Å². The fourth-order valence-corrected chi connectivity index (χ4v) is 4.36. The molecule has 0 atom stereocenters. The standard InChI is InChI=1S/C29H29ClN4O4/c1-33(2)17-25(35)34(3)22-11-9-21(10-12-22)31-28(19-6-4-5-18(15-19)7-14-26(36)37)27-23-13-8-20(30)16-24(23)32-29(27)38/h4-6,8-13,15-16,32,38H,7,14,17H2,1-3H3,(H,36,37). The summed E-state index contributed by atoms with van der Waals surface area (Å²) in [4.78, 5) is 34.9. The van der Waals surface area contributed by atoms with Crippen molar-refractivity contribution >= 4 is 51.5 Å². The average Bonchev–Trinajstić information content (AvgIpc) is 3.20. The molecule has 1 amide bonds. The number of nitrogens with one attached hydrogen (secondary N) is 1. The fraction of sp³-hybridized carbons (Fsp3) is 0.207. The van der Waals surface area contributed by atoms with Crippen LogP contribution in [0.1, 0.15) is 23.1 Å². The van der Waals surface area contributed by atoms with Crippen LogP contribution in [0.2, 0.25) is 5.02 Å². The largest absolute Gasteiger partial charge is 0.494 e. The van der Waals surface area contributed by atoms with Gasteiger partial charge in [-0.25, -0.2) is 4.99 Å². The maximum Gasteiger partial charge on any atom is 0.303 e. The second kappa shape index (κ2) is 11.5. The van der Waals surface area contributed by atoms with Crippen LogP contribution in [0.5, 0.6) is 5.88 Å². The van der Waals surface area contributed by atoms with Crippen molar-refractivity contribution in [2.75, 3.05) is 32.6 Å². The van der Waals surface area contributed by atoms with Gasteiger partial charge in [-0.3, -0.25) is 9.59 Å². The quantitative estimate of drug-likeness (QED) is 0.255. The van der Waals surface area contributed by atoms with Crippen LogP contribution in [0.15, 0.2) is 71.7 Å². The maximum atomic E-state index is 12.4. The van der Waals surface area contributed by atoms with E-state index in [1.165, 1.54) is 0 Å². The summed E-state index contributed by atoms with van der Waals surface area (Å²) in [6.45, 7) is 0.294. The third-order valence-electron chi connectivity index (χ3n) is 6.11. The van der Waals surface area contributed by atoms with E-state index in [2.05, 4.69) is 4.98 Å². The number of fused-ring (bicyclic) bond motifs is 1. The second-order valence-electron chi connectivity index (χ2n) is 9.30. The van der Waals surface area contributed by atoms with E-state index in [-0.39, 0.29) is 18.2 Å². The topological polar surface area (TPSA) is 109 Å². The smallest absolute Gasteiger partial charge is 0.303 e. The monoisotopic (exact) mass is 532 g/mol. The number of aromatic hydroxyl groups is 1. The number of halogens is 1. The van der Waals surface area contributed by atoms with Crippen molar-refractivity contribution in [2.24, 2.45) is 4.99 Å². The summed E-state index contributed by atoms with van der Waals surface area (Å²) in [5.74, 6) is -0.959. The minimum Gasteiger partial charge on any atom is -0.494 e. The number of aromatic nitrogens is 1. The van der Waals surface area contributed by atoms with Crippen molar-refractivity contribution in [2.45, 2.75) is 12.8 Å². The lowest BCUT2D eigenvalue weighted by Crippen LogP contribution is -2.34. The molecule has 4 rings (SSSR count). The molecule has 1 aromatic heterocycles. The molecule has 3 aromatic carbocycles. The number of hydrogen-bond acceptors (Lipinski definition) is 5. The molecule has 0 aliphatic carbocycles. The molecule has 0 fully saturated rings. The van der Waals surface area contributed by atoms with Crippen LogP contribution in [0, 0.1) is 0 Å². The highest BCUT2D eigenvalue weighted by atomic mass is 35.5. The number of nitrogens with zero attached hydrogens (tertiary/aromatic N) is 3. The van der Waals surface area contributed by atoms with E-state index >= 15 is 0 Å². The van der Waals surface area contributed by atoms with Crippen molar-refractivity contribution in [3.8, 4) is 5.88 Å². The van der Waals surface area contributed by atoms with Gasteiger partial charge in [-0.15, -0.1) is 0 Å². The number of aryl methyl sites for hydroxylation is 1. The Morgan fingerprint density at radius 2 is 1.74 bits per heavy atom. The molecule has 1 heterocycles. The van der Waals surface area contributed by atoms with Gasteiger partial charge in [-0.1, -0.05) is 35.9 Å². The fourth-order valence-electron chi connectivity index (χ4n) is 4.19. The zero-order valence-electron chi connectivity index (χ0n) is 21.4. The zero-order chi connectivity index (χ0) is 27.4. The van der Waals surface area contributed by atoms with E-state index in [0.29, 0.717) is 40.5 Å². The molecule has 9 heteroatoms. The molecule has 196 valence electrons. The van der Waals surface area contributed by atoms with Crippen LogP contribution in [-0.2, 0) is 16.0 Å². The highest BCUT2D eigenvalue weighted by molar-refractivity contribution is 6.31. The Morgan fingerprint density at radius 3 is 2.42 bits per heavy atom. The van der Waals surface area contributed by atoms with E-state index in [1.807, 2.05) is 73.6 Å². The van der Waals surface area contributed by atoms with Gasteiger partial charge in [0.15, 0.2) is 5.88 Å². The van der Waals surface area contributed by atoms with Gasteiger partial charge in [0.05, 0.1) is 29.0 Å². The number of H-pyrrole nitrogens is 1. The predicted octanol–water partition coefficient (Wildman–Crippen LogP) is 5.24. The lowest BCUT2D eigenvalue weighted by Gasteiger charge is -2.19. The van der Waals surface area contributed by atoms with E-state index in [4.69, 9.17) is 21.7 Å². The molecule has 0 spiro atoms. The Balaban J connectivity index is 1.79. The summed E-state index contributed by atoms with van der Waals surface area (Å²) >= 11 is 6.17. The third kappa shape index (κ3) is 6.22. The number of carbonyl (C=O) groups is 2. The molecule has 38 heavy (non-hydrogen) atoms. The van der Waals surface area contributed by atoms with Crippen LogP contribution in [0.3, 0.4) is 0 Å². The van der Waals surface area contributed by atoms with Crippen LogP contribution in [0.25, 0.3) is 10.9 Å². The van der Waals surface area contributed by atoms with Crippen molar-refractivity contribution < 1.29 is 19.8 Å². The van der Waals surface area contributed by atoms with Gasteiger partial charge in [0, 0.05) is 35.1 Å². The SMILES string of the molecule is CN(C)CC(=O)N(C)c1ccc(N=C(c2cccc(CCC(=O)O)c2)c2c(O)[nH]c3cc(Cl)ccc23)cc1. The number of carboxylic acid groups (broad SMARTS) is 1. The number of benzene rings is 3. The number of aliphatic carboxylic acids is 1. The van der Waals surface area contributed by atoms with Crippen molar-refractivity contribution in [1.29, 1.82) is 0 Å². The molecule has 0 aliphatic heterocycles. The summed E-state index contributed by atoms with van der Waals surface area (Å²) in [5, 5.41) is 21.3. The maximum absolute atomic E-state index is 12.4. The first-order valence-electron chi connectivity index (χ1n) is 12.0. The minimum atomic E-state index is -0.871. The summed E-state index contributed by atoms with van der Waals surface area (Å²) in [6.07, 6.45) is 0.377. The molecule has 0 bridgehead atoms. The molecule has 3 N–H and O–H groups in total. The minimum absolute atomic E-state index is 0.00822. The molecular weight excluding hydrogens is 504 g/mol. The normalized spacial score (nSPS) is 11.8. The number of aromatic amines is 1. The molecule has 0 aliphatic rings. The van der Waals surface area contributed by atoms with E-state index < -0.39 is 5.97 Å². The number of carbonyl (C=O) groups excluding carboxylic acids is 1. The molecule has 0 unspecified atom stereocenters. The van der Waals surface area contributed by atoms with E-state index in [0.717, 1.165) is 22.2 Å². The van der Waals surface area contributed by atoms with Gasteiger partial charge in [0.25, 0.3) is 0 Å². The Kier molecular flexibility index (Phi) is 8.14. The summed E-state index contributed by atoms with van der Waals surface area (Å²) in [6, 6.07) is 20.0. The lowest BCUT2D eigenvalue weighted by molar-refractivity contribution is -0.137. The number of anilines is 1. The highest BCUT2D eigenvalue weighted by Crippen LogP contribution is 2.33. The molecular formula is C29H29ClN4O4. The molecule has 4 aromatic rings. The molecule has 0 saturated heterocycles. The first-order chi connectivity index (χ1) is 18.1. The molecule has 8 nitrogen and oxygen atoms in total. The number of amides is 1. The second-order valence-corrected chi connectivity index (χ2v) is 9.74. The van der Waals surface area contributed by atoms with Crippen LogP contribution in [0.4, 0.5) is 11.4 Å². The van der Waals surface area contributed by atoms with Crippen LogP contribution in [-0.4, -0.2) is 65.4 Å². The van der Waals surface area contributed by atoms with Crippen molar-refractivity contribution in [3.63, 3.8) is 0 Å². The van der Waals surface area contributed by atoms with Gasteiger partial charge in [-0.05, 0) is 68.5 Å². The van der Waals surface area contributed by atoms with E-state index in [9.17, 15) is 14.7 Å². The average molecular weight is 533 g/mol. The summed E-state index contributed by atoms with van der Waals surface area (Å²) in [7, 11) is 5.42. The first kappa shape index (κ1) is 26.9. The first-order valence-corrected chi connectivity index (χ1v) is 12.4. The number of carboxylic acids is 1. The number of rotatable bonds is 9. The number of hydrogen-bond donors (Lipinski definition) is 3. The Morgan fingerprint density at radius 1 is 1.00 bits per heavy atom. The lowest BCUT2D eigenvalue weighted by atomic mass is 9.97.